The van der Waals surface area contributed by atoms with E-state index in [2.05, 4.69) is 0 Å². The van der Waals surface area contributed by atoms with Gasteiger partial charge in [-0.05, 0) is 12.1 Å². The molecule has 0 aliphatic rings. The molecule has 4 nitrogen and oxygen atoms in total. The van der Waals surface area contributed by atoms with Crippen molar-refractivity contribution in [3.05, 3.63) is 30.3 Å². The van der Waals surface area contributed by atoms with Crippen LogP contribution in [0.3, 0.4) is 0 Å². The minimum Gasteiger partial charge on any atom is -0.325 e. The third-order valence-electron chi connectivity index (χ3n) is 2.29. The summed E-state index contributed by atoms with van der Waals surface area (Å²) in [5.41, 5.74) is 0. The summed E-state index contributed by atoms with van der Waals surface area (Å²) in [6, 6.07) is 9.40. The van der Waals surface area contributed by atoms with Gasteiger partial charge in [0.15, 0.2) is 0 Å². The molecule has 0 aromatic heterocycles. The van der Waals surface area contributed by atoms with Crippen LogP contribution in [-0.2, 0) is 10.1 Å². The normalized spacial score (nSPS) is 13.9. The highest BCUT2D eigenvalue weighted by Crippen LogP contribution is 2.54. The van der Waals surface area contributed by atoms with Gasteiger partial charge in [0.05, 0.1) is 0 Å². The summed E-state index contributed by atoms with van der Waals surface area (Å²) in [7, 11) is -7.17. The second-order valence-electron chi connectivity index (χ2n) is 4.04. The van der Waals surface area contributed by atoms with Crippen LogP contribution in [0.1, 0.15) is 0 Å². The predicted octanol–water partition coefficient (Wildman–Crippen LogP) is 4.55. The van der Waals surface area contributed by atoms with Crippen molar-refractivity contribution < 1.29 is 57.0 Å². The summed E-state index contributed by atoms with van der Waals surface area (Å²) in [4.78, 5) is 0.882. The van der Waals surface area contributed by atoms with Crippen LogP contribution < -0.4 is 0 Å². The molecule has 0 aliphatic carbocycles. The lowest BCUT2D eigenvalue weighted by Gasteiger charge is -2.31. The quantitative estimate of drug-likeness (QED) is 0.420. The van der Waals surface area contributed by atoms with E-state index in [9.17, 15) is 47.9 Å². The molecule has 15 heteroatoms. The maximum absolute atomic E-state index is 12.2. The summed E-state index contributed by atoms with van der Waals surface area (Å²) < 4.78 is 142. The molecule has 0 saturated heterocycles. The molecule has 0 saturated carbocycles. The lowest BCUT2D eigenvalue weighted by atomic mass is 10.1. The van der Waals surface area contributed by atoms with Crippen LogP contribution >= 0.6 is 12.0 Å². The molecule has 0 aliphatic heterocycles. The monoisotopic (exact) mass is 426 g/mol. The highest BCUT2D eigenvalue weighted by atomic mass is 32.2. The fraction of sp³-hybridized carbons (Fsp3) is 0.400. The SMILES string of the molecule is O=S(=O)(O)C(F)(F)C(F)(F)C(F)(F)C(F)(F)F.OSc1ccccc1. The molecule has 1 aromatic rings. The van der Waals surface area contributed by atoms with Crippen LogP contribution in [0.2, 0.25) is 0 Å². The van der Waals surface area contributed by atoms with Crippen molar-refractivity contribution in [3.8, 4) is 0 Å². The topological polar surface area (TPSA) is 74.6 Å². The fourth-order valence-electron chi connectivity index (χ4n) is 1.00. The van der Waals surface area contributed by atoms with Gasteiger partial charge in [-0.3, -0.25) is 4.55 Å². The highest BCUT2D eigenvalue weighted by Gasteiger charge is 2.85. The Kier molecular flexibility index (Phi) is 7.23. The number of rotatable bonds is 4. The molecule has 0 radical (unpaired) electrons. The molecule has 2 N–H and O–H groups in total. The molecule has 0 bridgehead atoms. The Hall–Kier alpha value is -1.19. The zero-order valence-corrected chi connectivity index (χ0v) is 12.9. The predicted molar refractivity (Wildman–Crippen MR) is 67.4 cm³/mol. The first-order valence-corrected chi connectivity index (χ1v) is 7.68. The van der Waals surface area contributed by atoms with Gasteiger partial charge in [-0.25, -0.2) is 0 Å². The van der Waals surface area contributed by atoms with Gasteiger partial charge >= 0.3 is 33.4 Å². The van der Waals surface area contributed by atoms with E-state index in [1.54, 1.807) is 0 Å². The van der Waals surface area contributed by atoms with Crippen molar-refractivity contribution in [3.63, 3.8) is 0 Å². The van der Waals surface area contributed by atoms with E-state index < -0.39 is 33.4 Å². The van der Waals surface area contributed by atoms with Crippen LogP contribution in [0.15, 0.2) is 35.2 Å². The van der Waals surface area contributed by atoms with Crippen molar-refractivity contribution >= 4 is 22.2 Å². The number of alkyl halides is 9. The van der Waals surface area contributed by atoms with E-state index in [0.29, 0.717) is 0 Å². The van der Waals surface area contributed by atoms with Gasteiger partial charge in [0.25, 0.3) is 0 Å². The minimum atomic E-state index is -7.37. The number of halogens is 9. The van der Waals surface area contributed by atoms with Crippen molar-refractivity contribution in [1.82, 2.24) is 0 Å². The van der Waals surface area contributed by atoms with E-state index in [-0.39, 0.29) is 0 Å². The Morgan fingerprint density at radius 3 is 1.44 bits per heavy atom. The zero-order valence-electron chi connectivity index (χ0n) is 11.3. The van der Waals surface area contributed by atoms with Crippen molar-refractivity contribution in [2.24, 2.45) is 0 Å². The van der Waals surface area contributed by atoms with E-state index in [1.807, 2.05) is 30.3 Å². The van der Waals surface area contributed by atoms with E-state index in [4.69, 9.17) is 9.11 Å². The Morgan fingerprint density at radius 1 is 0.800 bits per heavy atom. The molecular weight excluding hydrogens is 419 g/mol. The number of hydrogen-bond donors (Lipinski definition) is 2. The largest absolute Gasteiger partial charge is 0.460 e. The summed E-state index contributed by atoms with van der Waals surface area (Å²) in [6.07, 6.45) is -7.13. The van der Waals surface area contributed by atoms with Crippen LogP contribution in [0.25, 0.3) is 0 Å². The van der Waals surface area contributed by atoms with Crippen molar-refractivity contribution in [2.75, 3.05) is 0 Å². The standard InChI is InChI=1S/C6H6OS.C4HF9O3S/c7-8-6-4-2-1-3-5-6;5-1(6,3(9,10)11)2(7,8)4(12,13)17(14,15)16/h1-5,7H;(H,14,15,16). The first-order chi connectivity index (χ1) is 10.9. The van der Waals surface area contributed by atoms with Crippen LogP contribution in [0, 0.1) is 0 Å². The molecule has 1 rings (SSSR count). The zero-order chi connectivity index (χ0) is 20.3. The fourth-order valence-corrected chi connectivity index (χ4v) is 1.74. The van der Waals surface area contributed by atoms with E-state index in [1.165, 1.54) is 0 Å². The average molecular weight is 426 g/mol. The molecular formula is C10H7F9O4S2. The van der Waals surface area contributed by atoms with E-state index in [0.717, 1.165) is 16.9 Å². The van der Waals surface area contributed by atoms with Crippen molar-refractivity contribution in [2.45, 2.75) is 28.2 Å². The highest BCUT2D eigenvalue weighted by molar-refractivity contribution is 7.93. The molecule has 25 heavy (non-hydrogen) atoms. The molecule has 0 atom stereocenters. The Labute approximate surface area is 138 Å². The van der Waals surface area contributed by atoms with Gasteiger partial charge in [0.1, 0.15) is 0 Å². The summed E-state index contributed by atoms with van der Waals surface area (Å²) in [5.74, 6) is -14.7. The maximum Gasteiger partial charge on any atom is 0.460 e. The Bertz CT molecular complexity index is 659. The molecule has 0 fully saturated rings. The summed E-state index contributed by atoms with van der Waals surface area (Å²) in [6.45, 7) is 0. The molecule has 146 valence electrons. The number of benzene rings is 1. The number of hydrogen-bond acceptors (Lipinski definition) is 4. The van der Waals surface area contributed by atoms with Gasteiger partial charge in [0.2, 0.25) is 0 Å². The summed E-state index contributed by atoms with van der Waals surface area (Å²) >= 11 is 0.769. The Balaban J connectivity index is 0.000000593. The first kappa shape index (κ1) is 23.8. The van der Waals surface area contributed by atoms with Gasteiger partial charge in [-0.1, -0.05) is 18.2 Å². The molecule has 0 amide bonds. The maximum atomic E-state index is 12.2. The van der Waals surface area contributed by atoms with Gasteiger partial charge in [-0.2, -0.15) is 47.9 Å². The second-order valence-corrected chi connectivity index (χ2v) is 6.16. The average Bonchev–Trinajstić information content (AvgIpc) is 2.46. The third-order valence-corrected chi connectivity index (χ3v) is 3.68. The third kappa shape index (κ3) is 4.92. The molecule has 0 heterocycles. The minimum absolute atomic E-state index is 0.769. The van der Waals surface area contributed by atoms with Crippen LogP contribution in [0.4, 0.5) is 39.5 Å². The van der Waals surface area contributed by atoms with Crippen LogP contribution in [0.5, 0.6) is 0 Å². The van der Waals surface area contributed by atoms with Gasteiger partial charge < -0.3 is 4.55 Å². The van der Waals surface area contributed by atoms with Crippen LogP contribution in [-0.4, -0.2) is 40.8 Å². The lowest BCUT2D eigenvalue weighted by molar-refractivity contribution is -0.382. The van der Waals surface area contributed by atoms with E-state index >= 15 is 0 Å². The Morgan fingerprint density at radius 2 is 1.20 bits per heavy atom. The van der Waals surface area contributed by atoms with Gasteiger partial charge in [0, 0.05) is 16.9 Å². The lowest BCUT2D eigenvalue weighted by Crippen LogP contribution is -2.63. The second kappa shape index (κ2) is 7.59. The first-order valence-electron chi connectivity index (χ1n) is 5.47. The molecule has 0 unspecified atom stereocenters. The van der Waals surface area contributed by atoms with Crippen molar-refractivity contribution in [1.29, 1.82) is 0 Å². The summed E-state index contributed by atoms with van der Waals surface area (Å²) in [5, 5.41) is -7.00. The molecule has 1 aromatic carbocycles. The van der Waals surface area contributed by atoms with Gasteiger partial charge in [-0.15, -0.1) is 0 Å². The smallest absolute Gasteiger partial charge is 0.325 e. The molecule has 0 spiro atoms.